The van der Waals surface area contributed by atoms with Crippen molar-refractivity contribution in [2.45, 2.75) is 31.3 Å². The topological polar surface area (TPSA) is 66.5 Å². The molecular weight excluding hydrogens is 363 g/mol. The second kappa shape index (κ2) is 8.07. The Hall–Kier alpha value is -1.77. The smallest absolute Gasteiger partial charge is 0.244 e. The molecule has 0 spiro atoms. The van der Waals surface area contributed by atoms with E-state index in [1.165, 1.54) is 34.4 Å². The minimum Gasteiger partial charge on any atom is -0.339 e. The number of nitrogens with zero attached hydrogens (tertiary/aromatic N) is 1. The molecule has 0 aliphatic rings. The largest absolute Gasteiger partial charge is 0.339 e. The van der Waals surface area contributed by atoms with Crippen molar-refractivity contribution in [3.05, 3.63) is 52.5 Å². The molecule has 8 heteroatoms. The third-order valence-corrected chi connectivity index (χ3v) is 6.03. The van der Waals surface area contributed by atoms with Crippen LogP contribution in [0.5, 0.6) is 0 Å². The Kier molecular flexibility index (Phi) is 6.31. The molecule has 0 fully saturated rings. The molecule has 1 amide bonds. The summed E-state index contributed by atoms with van der Waals surface area (Å²) in [5, 5.41) is 1.91. The lowest BCUT2D eigenvalue weighted by atomic mass is 10.0. The molecule has 0 radical (unpaired) electrons. The molecule has 5 nitrogen and oxygen atoms in total. The second-order valence-corrected chi connectivity index (χ2v) is 8.76. The van der Waals surface area contributed by atoms with Gasteiger partial charge in [-0.05, 0) is 29.5 Å². The molecule has 0 saturated carbocycles. The van der Waals surface area contributed by atoms with Crippen LogP contribution in [-0.4, -0.2) is 32.3 Å². The van der Waals surface area contributed by atoms with E-state index in [1.54, 1.807) is 20.9 Å². The highest BCUT2D eigenvalue weighted by Crippen LogP contribution is 2.17. The van der Waals surface area contributed by atoms with Crippen molar-refractivity contribution in [2.24, 2.45) is 5.92 Å². The number of hydrogen-bond acceptors (Lipinski definition) is 4. The van der Waals surface area contributed by atoms with E-state index in [1.807, 2.05) is 17.5 Å². The van der Waals surface area contributed by atoms with Crippen LogP contribution < -0.4 is 4.72 Å². The number of rotatable bonds is 7. The van der Waals surface area contributed by atoms with Crippen molar-refractivity contribution in [2.75, 3.05) is 7.05 Å². The average molecular weight is 384 g/mol. The zero-order valence-electron chi connectivity index (χ0n) is 14.3. The van der Waals surface area contributed by atoms with Gasteiger partial charge < -0.3 is 4.90 Å². The lowest BCUT2D eigenvalue weighted by molar-refractivity contribution is -0.133. The third kappa shape index (κ3) is 4.87. The Morgan fingerprint density at radius 3 is 2.48 bits per heavy atom. The van der Waals surface area contributed by atoms with E-state index in [0.29, 0.717) is 6.54 Å². The summed E-state index contributed by atoms with van der Waals surface area (Å²) >= 11 is 1.52. The van der Waals surface area contributed by atoms with E-state index in [0.717, 1.165) is 10.9 Å². The van der Waals surface area contributed by atoms with Crippen molar-refractivity contribution in [1.29, 1.82) is 0 Å². The first kappa shape index (κ1) is 19.6. The van der Waals surface area contributed by atoms with Crippen molar-refractivity contribution < 1.29 is 17.6 Å². The third-order valence-electron chi connectivity index (χ3n) is 3.69. The highest BCUT2D eigenvalue weighted by atomic mass is 32.2. The Labute approximate surface area is 151 Å². The zero-order valence-corrected chi connectivity index (χ0v) is 15.9. The van der Waals surface area contributed by atoms with Crippen LogP contribution >= 0.6 is 11.3 Å². The minimum absolute atomic E-state index is 0.292. The molecule has 0 saturated heterocycles. The van der Waals surface area contributed by atoms with Crippen LogP contribution in [0.2, 0.25) is 0 Å². The molecule has 136 valence electrons. The summed E-state index contributed by atoms with van der Waals surface area (Å²) in [6, 6.07) is 7.91. The van der Waals surface area contributed by atoms with Gasteiger partial charge in [-0.15, -0.1) is 11.3 Å². The highest BCUT2D eigenvalue weighted by Gasteiger charge is 2.31. The SMILES string of the molecule is CC(C)[C@H](NS(=O)(=O)c1ccccc1F)C(=O)N(C)Cc1cccs1. The molecule has 1 aromatic heterocycles. The van der Waals surface area contributed by atoms with E-state index in [9.17, 15) is 17.6 Å². The molecule has 0 unspecified atom stereocenters. The summed E-state index contributed by atoms with van der Waals surface area (Å²) in [5.41, 5.74) is 0. The summed E-state index contributed by atoms with van der Waals surface area (Å²) < 4.78 is 41.2. The first-order valence-corrected chi connectivity index (χ1v) is 10.1. The Bertz CT molecular complexity index is 820. The molecule has 0 aliphatic carbocycles. The first-order chi connectivity index (χ1) is 11.7. The lowest BCUT2D eigenvalue weighted by Crippen LogP contribution is -2.49. The number of carbonyl (C=O) groups is 1. The maximum absolute atomic E-state index is 13.8. The quantitative estimate of drug-likeness (QED) is 0.798. The molecule has 2 aromatic rings. The lowest BCUT2D eigenvalue weighted by Gasteiger charge is -2.26. The summed E-state index contributed by atoms with van der Waals surface area (Å²) in [7, 11) is -2.53. The van der Waals surface area contributed by atoms with E-state index in [4.69, 9.17) is 0 Å². The van der Waals surface area contributed by atoms with Crippen LogP contribution in [0.1, 0.15) is 18.7 Å². The minimum atomic E-state index is -4.15. The van der Waals surface area contributed by atoms with Crippen LogP contribution in [0.3, 0.4) is 0 Å². The summed E-state index contributed by atoms with van der Waals surface area (Å²) in [6.07, 6.45) is 0. The van der Waals surface area contributed by atoms with Gasteiger partial charge in [-0.25, -0.2) is 12.8 Å². The van der Waals surface area contributed by atoms with Crippen molar-refractivity contribution in [1.82, 2.24) is 9.62 Å². The fraction of sp³-hybridized carbons (Fsp3) is 0.353. The van der Waals surface area contributed by atoms with Crippen LogP contribution in [0, 0.1) is 11.7 Å². The number of amides is 1. The fourth-order valence-electron chi connectivity index (χ4n) is 2.32. The number of carbonyl (C=O) groups excluding carboxylic acids is 1. The standard InChI is InChI=1S/C17H21FN2O3S2/c1-12(2)16(17(21)20(3)11-13-7-6-10-24-13)19-25(22,23)15-9-5-4-8-14(15)18/h4-10,12,16,19H,11H2,1-3H3/t16-/m0/s1. The van der Waals surface area contributed by atoms with Gasteiger partial charge in [0.05, 0.1) is 6.54 Å². The molecule has 1 heterocycles. The molecule has 1 aromatic carbocycles. The number of likely N-dealkylation sites (N-methyl/N-ethyl adjacent to an activating group) is 1. The second-order valence-electron chi connectivity index (χ2n) is 6.05. The molecule has 0 aliphatic heterocycles. The van der Waals surface area contributed by atoms with E-state index in [2.05, 4.69) is 4.72 Å². The number of thiophene rings is 1. The Morgan fingerprint density at radius 1 is 1.24 bits per heavy atom. The van der Waals surface area contributed by atoms with Crippen LogP contribution in [0.15, 0.2) is 46.7 Å². The van der Waals surface area contributed by atoms with Gasteiger partial charge in [0.25, 0.3) is 0 Å². The van der Waals surface area contributed by atoms with E-state index < -0.39 is 26.8 Å². The van der Waals surface area contributed by atoms with Crippen molar-refractivity contribution >= 4 is 27.3 Å². The van der Waals surface area contributed by atoms with Gasteiger partial charge in [-0.2, -0.15) is 4.72 Å². The van der Waals surface area contributed by atoms with Gasteiger partial charge >= 0.3 is 0 Å². The zero-order chi connectivity index (χ0) is 18.6. The summed E-state index contributed by atoms with van der Waals surface area (Å²) in [4.78, 5) is 14.7. The number of hydrogen-bond donors (Lipinski definition) is 1. The molecular formula is C17H21FN2O3S2. The summed E-state index contributed by atoms with van der Waals surface area (Å²) in [5.74, 6) is -1.50. The Balaban J connectivity index is 2.20. The molecule has 1 N–H and O–H groups in total. The van der Waals surface area contributed by atoms with E-state index >= 15 is 0 Å². The highest BCUT2D eigenvalue weighted by molar-refractivity contribution is 7.89. The van der Waals surface area contributed by atoms with Crippen LogP contribution in [-0.2, 0) is 21.4 Å². The molecule has 1 atom stereocenters. The van der Waals surface area contributed by atoms with E-state index in [-0.39, 0.29) is 11.8 Å². The number of sulfonamides is 1. The Morgan fingerprint density at radius 2 is 1.92 bits per heavy atom. The van der Waals surface area contributed by atoms with Crippen LogP contribution in [0.4, 0.5) is 4.39 Å². The maximum Gasteiger partial charge on any atom is 0.244 e. The number of halogens is 1. The van der Waals surface area contributed by atoms with Gasteiger partial charge in [0, 0.05) is 11.9 Å². The molecule has 25 heavy (non-hydrogen) atoms. The molecule has 2 rings (SSSR count). The van der Waals surface area contributed by atoms with Gasteiger partial charge in [-0.3, -0.25) is 4.79 Å². The maximum atomic E-state index is 13.8. The monoisotopic (exact) mass is 384 g/mol. The van der Waals surface area contributed by atoms with Gasteiger partial charge in [0.15, 0.2) is 0 Å². The summed E-state index contributed by atoms with van der Waals surface area (Å²) in [6.45, 7) is 3.87. The average Bonchev–Trinajstić information content (AvgIpc) is 3.05. The fourth-order valence-corrected chi connectivity index (χ4v) is 4.49. The van der Waals surface area contributed by atoms with Crippen molar-refractivity contribution in [3.63, 3.8) is 0 Å². The van der Waals surface area contributed by atoms with Crippen molar-refractivity contribution in [3.8, 4) is 0 Å². The van der Waals surface area contributed by atoms with Gasteiger partial charge in [0.2, 0.25) is 15.9 Å². The predicted octanol–water partition coefficient (Wildman–Crippen LogP) is 2.85. The number of benzene rings is 1. The van der Waals surface area contributed by atoms with Gasteiger partial charge in [-0.1, -0.05) is 32.0 Å². The first-order valence-electron chi connectivity index (χ1n) is 7.76. The van der Waals surface area contributed by atoms with Crippen LogP contribution in [0.25, 0.3) is 0 Å². The normalized spacial score (nSPS) is 13.0. The predicted molar refractivity (Wildman–Crippen MR) is 96.1 cm³/mol. The molecule has 0 bridgehead atoms. The number of nitrogens with one attached hydrogen (secondary N) is 1. The van der Waals surface area contributed by atoms with Gasteiger partial charge in [0.1, 0.15) is 16.8 Å².